The Morgan fingerprint density at radius 1 is 1.18 bits per heavy atom. The Morgan fingerprint density at radius 3 is 2.62 bits per heavy atom. The highest BCUT2D eigenvalue weighted by atomic mass is 19.4. The van der Waals surface area contributed by atoms with E-state index < -0.39 is 17.6 Å². The number of fused-ring (bicyclic) bond motifs is 1. The van der Waals surface area contributed by atoms with Crippen molar-refractivity contribution in [2.45, 2.75) is 44.8 Å². The van der Waals surface area contributed by atoms with Crippen LogP contribution >= 0.6 is 0 Å². The lowest BCUT2D eigenvalue weighted by Gasteiger charge is -2.31. The van der Waals surface area contributed by atoms with Gasteiger partial charge < -0.3 is 14.6 Å². The van der Waals surface area contributed by atoms with Crippen molar-refractivity contribution in [1.82, 2.24) is 14.5 Å². The highest BCUT2D eigenvalue weighted by Crippen LogP contribution is 2.32. The first kappa shape index (κ1) is 24.2. The summed E-state index contributed by atoms with van der Waals surface area (Å²) in [6.07, 6.45) is -1.93. The maximum atomic E-state index is 13.1. The van der Waals surface area contributed by atoms with Gasteiger partial charge in [0.15, 0.2) is 0 Å². The average molecular weight is 475 g/mol. The lowest BCUT2D eigenvalue weighted by Crippen LogP contribution is -2.32. The zero-order valence-corrected chi connectivity index (χ0v) is 19.1. The molecule has 1 aromatic heterocycles. The quantitative estimate of drug-likeness (QED) is 0.512. The van der Waals surface area contributed by atoms with Crippen molar-refractivity contribution in [1.29, 1.82) is 0 Å². The first-order valence-electron chi connectivity index (χ1n) is 11.6. The number of rotatable bonds is 7. The van der Waals surface area contributed by atoms with Gasteiger partial charge in [0, 0.05) is 18.7 Å². The number of anilines is 1. The predicted molar refractivity (Wildman–Crippen MR) is 125 cm³/mol. The van der Waals surface area contributed by atoms with Gasteiger partial charge in [0.2, 0.25) is 5.95 Å². The van der Waals surface area contributed by atoms with Crippen LogP contribution in [0.2, 0.25) is 0 Å². The number of carbonyl (C=O) groups excluding carboxylic acids is 1. The summed E-state index contributed by atoms with van der Waals surface area (Å²) in [4.78, 5) is 19.8. The van der Waals surface area contributed by atoms with Crippen LogP contribution in [-0.4, -0.2) is 51.7 Å². The minimum absolute atomic E-state index is 0.0330. The summed E-state index contributed by atoms with van der Waals surface area (Å²) in [5.74, 6) is 0.0283. The molecule has 0 atom stereocenters. The number of aryl methyl sites for hydroxylation is 1. The lowest BCUT2D eigenvalue weighted by atomic mass is 9.89. The average Bonchev–Trinajstić information content (AvgIpc) is 3.18. The molecule has 2 aromatic carbocycles. The Morgan fingerprint density at radius 2 is 1.94 bits per heavy atom. The van der Waals surface area contributed by atoms with Gasteiger partial charge >= 0.3 is 6.18 Å². The van der Waals surface area contributed by atoms with Crippen molar-refractivity contribution in [2.75, 3.05) is 31.6 Å². The van der Waals surface area contributed by atoms with Gasteiger partial charge in [0.05, 0.1) is 16.6 Å². The summed E-state index contributed by atoms with van der Waals surface area (Å²) in [6, 6.07) is 10.4. The Balaban J connectivity index is 1.61. The number of piperidine rings is 1. The zero-order chi connectivity index (χ0) is 24.3. The first-order chi connectivity index (χ1) is 16.3. The Bertz CT molecular complexity index is 1150. The van der Waals surface area contributed by atoms with E-state index in [4.69, 9.17) is 0 Å². The molecule has 0 bridgehead atoms. The van der Waals surface area contributed by atoms with Crippen LogP contribution in [0.25, 0.3) is 11.0 Å². The third-order valence-electron chi connectivity index (χ3n) is 6.50. The highest BCUT2D eigenvalue weighted by molar-refractivity contribution is 6.04. The fraction of sp³-hybridized carbons (Fsp3) is 0.440. The van der Waals surface area contributed by atoms with Crippen LogP contribution in [0.1, 0.15) is 53.6 Å². The summed E-state index contributed by atoms with van der Waals surface area (Å²) in [6.45, 7) is 5.72. The van der Waals surface area contributed by atoms with Crippen molar-refractivity contribution >= 4 is 22.9 Å². The Kier molecular flexibility index (Phi) is 7.23. The van der Waals surface area contributed by atoms with Crippen molar-refractivity contribution in [3.63, 3.8) is 0 Å². The van der Waals surface area contributed by atoms with E-state index in [2.05, 4.69) is 28.2 Å². The van der Waals surface area contributed by atoms with Gasteiger partial charge in [-0.2, -0.15) is 13.2 Å². The molecule has 3 aromatic rings. The molecule has 0 radical (unpaired) electrons. The normalized spacial score (nSPS) is 15.7. The number of nitrogens with zero attached hydrogens (tertiary/aromatic N) is 3. The van der Waals surface area contributed by atoms with Crippen molar-refractivity contribution < 1.29 is 23.1 Å². The minimum atomic E-state index is -4.53. The fourth-order valence-corrected chi connectivity index (χ4v) is 4.54. The van der Waals surface area contributed by atoms with E-state index in [0.717, 1.165) is 50.1 Å². The molecule has 182 valence electrons. The molecule has 6 nitrogen and oxygen atoms in total. The maximum absolute atomic E-state index is 13.1. The summed E-state index contributed by atoms with van der Waals surface area (Å²) in [7, 11) is 0. The largest absolute Gasteiger partial charge is 0.416 e. The van der Waals surface area contributed by atoms with Crippen molar-refractivity contribution in [3.8, 4) is 0 Å². The number of alkyl halides is 3. The molecule has 1 fully saturated rings. The lowest BCUT2D eigenvalue weighted by molar-refractivity contribution is -0.137. The second-order valence-electron chi connectivity index (χ2n) is 8.65. The van der Waals surface area contributed by atoms with Crippen LogP contribution in [-0.2, 0) is 12.7 Å². The Hall–Kier alpha value is -2.91. The van der Waals surface area contributed by atoms with E-state index in [9.17, 15) is 23.1 Å². The van der Waals surface area contributed by atoms with Gasteiger partial charge in [-0.15, -0.1) is 0 Å². The molecule has 2 heterocycles. The van der Waals surface area contributed by atoms with Gasteiger partial charge in [0.25, 0.3) is 5.91 Å². The van der Waals surface area contributed by atoms with E-state index in [-0.39, 0.29) is 18.1 Å². The second kappa shape index (κ2) is 10.1. The number of nitrogens with one attached hydrogen (secondary N) is 1. The molecular weight excluding hydrogens is 445 g/mol. The number of aromatic nitrogens is 2. The smallest absolute Gasteiger partial charge is 0.396 e. The number of hydrogen-bond acceptors (Lipinski definition) is 4. The molecule has 1 aliphatic heterocycles. The molecule has 1 amide bonds. The van der Waals surface area contributed by atoms with E-state index in [0.29, 0.717) is 24.4 Å². The number of benzene rings is 2. The molecule has 34 heavy (non-hydrogen) atoms. The molecule has 1 saturated heterocycles. The Labute approximate surface area is 196 Å². The predicted octanol–water partition coefficient (Wildman–Crippen LogP) is 4.89. The highest BCUT2D eigenvalue weighted by Gasteiger charge is 2.31. The molecule has 0 saturated carbocycles. The maximum Gasteiger partial charge on any atom is 0.416 e. The summed E-state index contributed by atoms with van der Waals surface area (Å²) in [5.41, 5.74) is 1.74. The van der Waals surface area contributed by atoms with Gasteiger partial charge in [-0.3, -0.25) is 10.1 Å². The topological polar surface area (TPSA) is 70.4 Å². The zero-order valence-electron chi connectivity index (χ0n) is 19.1. The molecule has 0 aliphatic carbocycles. The molecule has 0 unspecified atom stereocenters. The first-order valence-corrected chi connectivity index (χ1v) is 11.6. The van der Waals surface area contributed by atoms with Crippen LogP contribution in [0, 0.1) is 0 Å². The molecule has 4 rings (SSSR count). The number of amides is 1. The minimum Gasteiger partial charge on any atom is -0.396 e. The number of carbonyl (C=O) groups is 1. The molecule has 9 heteroatoms. The molecule has 1 aliphatic rings. The molecular formula is C25H29F3N4O2. The number of hydrogen-bond donors (Lipinski definition) is 2. The third-order valence-corrected chi connectivity index (χ3v) is 6.50. The van der Waals surface area contributed by atoms with Gasteiger partial charge in [-0.05, 0) is 80.7 Å². The number of aliphatic hydroxyl groups excluding tert-OH is 1. The van der Waals surface area contributed by atoms with E-state index in [1.165, 1.54) is 17.7 Å². The number of halogens is 3. The van der Waals surface area contributed by atoms with E-state index in [1.54, 1.807) is 4.57 Å². The molecule has 0 spiro atoms. The van der Waals surface area contributed by atoms with Crippen LogP contribution in [0.15, 0.2) is 42.5 Å². The van der Waals surface area contributed by atoms with Crippen LogP contribution in [0.5, 0.6) is 0 Å². The van der Waals surface area contributed by atoms with Crippen LogP contribution in [0.3, 0.4) is 0 Å². The van der Waals surface area contributed by atoms with Crippen LogP contribution in [0.4, 0.5) is 19.1 Å². The summed E-state index contributed by atoms with van der Waals surface area (Å²) >= 11 is 0. The van der Waals surface area contributed by atoms with E-state index >= 15 is 0 Å². The fourth-order valence-electron chi connectivity index (χ4n) is 4.54. The van der Waals surface area contributed by atoms with Crippen LogP contribution < -0.4 is 5.32 Å². The monoisotopic (exact) mass is 474 g/mol. The standard InChI is InChI=1S/C25H29F3N4O2/c1-2-31-12-9-17(10-13-31)18-7-8-22-21(16-18)29-24(32(22)11-4-14-33)30-23(34)19-5-3-6-20(15-19)25(26,27)28/h3,5-8,15-17,33H,2,4,9-14H2,1H3,(H,29,30,34). The van der Waals surface area contributed by atoms with E-state index in [1.807, 2.05) is 12.1 Å². The number of aliphatic hydroxyl groups is 1. The second-order valence-corrected chi connectivity index (χ2v) is 8.65. The van der Waals surface area contributed by atoms with Crippen molar-refractivity contribution in [3.05, 3.63) is 59.2 Å². The van der Waals surface area contributed by atoms with Gasteiger partial charge in [-0.25, -0.2) is 4.98 Å². The SMILES string of the molecule is CCN1CCC(c2ccc3c(c2)nc(NC(=O)c2cccc(C(F)(F)F)c2)n3CCCO)CC1. The molecule has 2 N–H and O–H groups in total. The third kappa shape index (κ3) is 5.26. The van der Waals surface area contributed by atoms with Gasteiger partial charge in [0.1, 0.15) is 0 Å². The number of likely N-dealkylation sites (tertiary alicyclic amines) is 1. The van der Waals surface area contributed by atoms with Crippen molar-refractivity contribution in [2.24, 2.45) is 0 Å². The summed E-state index contributed by atoms with van der Waals surface area (Å²) in [5, 5.41) is 12.0. The van der Waals surface area contributed by atoms with Gasteiger partial charge in [-0.1, -0.05) is 19.1 Å². The summed E-state index contributed by atoms with van der Waals surface area (Å²) < 4.78 is 41.0. The number of imidazole rings is 1.